The average molecular weight is 508 g/mol. The van der Waals surface area contributed by atoms with Gasteiger partial charge in [0.25, 0.3) is 11.8 Å². The predicted molar refractivity (Wildman–Crippen MR) is 139 cm³/mol. The molecule has 1 spiro atoms. The van der Waals surface area contributed by atoms with Gasteiger partial charge in [-0.15, -0.1) is 0 Å². The first kappa shape index (κ1) is 26.5. The third-order valence-corrected chi connectivity index (χ3v) is 7.25. The van der Waals surface area contributed by atoms with Crippen LogP contribution in [0.4, 0.5) is 4.39 Å². The number of benzene rings is 2. The highest BCUT2D eigenvalue weighted by molar-refractivity contribution is 6.46. The van der Waals surface area contributed by atoms with Gasteiger partial charge in [-0.3, -0.25) is 19.4 Å². The number of carbonyl (C=O) groups is 3. The standard InChI is InChI=1S/C29H34FN3O4/c1-2-8-24(20-11-13-21(14-12-20)27(36)31-18-15-25(34)35)33-28(37)26(22-9-7-10-23(30)19-22)32-29(33)16-5-3-4-6-17-29/h7,9-14,19,24H,2-6,8,15-18H2,1H3,(H,31,36)(H,34,35)/t24-/m1/s1. The Morgan fingerprint density at radius 3 is 2.43 bits per heavy atom. The van der Waals surface area contributed by atoms with Gasteiger partial charge in [-0.1, -0.05) is 50.5 Å². The number of aliphatic imine (C=N–C) groups is 1. The molecule has 1 fully saturated rings. The van der Waals surface area contributed by atoms with E-state index in [9.17, 15) is 18.8 Å². The molecular weight excluding hydrogens is 473 g/mol. The number of hydrogen-bond donors (Lipinski definition) is 2. The lowest BCUT2D eigenvalue weighted by Crippen LogP contribution is -2.48. The Kier molecular flexibility index (Phi) is 8.36. The summed E-state index contributed by atoms with van der Waals surface area (Å²) in [6, 6.07) is 13.0. The Morgan fingerprint density at radius 1 is 1.11 bits per heavy atom. The summed E-state index contributed by atoms with van der Waals surface area (Å²) in [4.78, 5) is 44.1. The van der Waals surface area contributed by atoms with Crippen LogP contribution in [0.15, 0.2) is 53.5 Å². The molecule has 0 radical (unpaired) electrons. The minimum absolute atomic E-state index is 0.0549. The molecule has 2 amide bonds. The number of amides is 2. The van der Waals surface area contributed by atoms with E-state index < -0.39 is 17.4 Å². The number of halogens is 1. The summed E-state index contributed by atoms with van der Waals surface area (Å²) >= 11 is 0. The van der Waals surface area contributed by atoms with E-state index in [0.29, 0.717) is 16.8 Å². The first-order chi connectivity index (χ1) is 17.8. The van der Waals surface area contributed by atoms with Crippen LogP contribution in [-0.4, -0.2) is 45.7 Å². The summed E-state index contributed by atoms with van der Waals surface area (Å²) in [5.41, 5.74) is 1.49. The molecule has 1 aliphatic heterocycles. The van der Waals surface area contributed by atoms with Crippen LogP contribution in [0, 0.1) is 5.82 Å². The smallest absolute Gasteiger partial charge is 0.305 e. The summed E-state index contributed by atoms with van der Waals surface area (Å²) in [7, 11) is 0. The molecular formula is C29H34FN3O4. The van der Waals surface area contributed by atoms with Gasteiger partial charge < -0.3 is 15.3 Å². The topological polar surface area (TPSA) is 99.1 Å². The van der Waals surface area contributed by atoms with E-state index in [4.69, 9.17) is 10.1 Å². The maximum absolute atomic E-state index is 14.1. The van der Waals surface area contributed by atoms with Gasteiger partial charge in [0.15, 0.2) is 0 Å². The molecule has 0 saturated heterocycles. The lowest BCUT2D eigenvalue weighted by Gasteiger charge is -2.41. The molecule has 2 N–H and O–H groups in total. The summed E-state index contributed by atoms with van der Waals surface area (Å²) in [6.45, 7) is 2.13. The van der Waals surface area contributed by atoms with Crippen molar-refractivity contribution < 1.29 is 23.9 Å². The van der Waals surface area contributed by atoms with Crippen molar-refractivity contribution in [2.75, 3.05) is 6.54 Å². The molecule has 2 aromatic rings. The molecule has 1 atom stereocenters. The summed E-state index contributed by atoms with van der Waals surface area (Å²) in [5, 5.41) is 11.4. The van der Waals surface area contributed by atoms with Crippen molar-refractivity contribution in [1.29, 1.82) is 0 Å². The second-order valence-electron chi connectivity index (χ2n) is 9.87. The molecule has 8 heteroatoms. The van der Waals surface area contributed by atoms with E-state index in [-0.39, 0.29) is 30.8 Å². The van der Waals surface area contributed by atoms with E-state index in [0.717, 1.165) is 56.9 Å². The van der Waals surface area contributed by atoms with Crippen molar-refractivity contribution in [3.05, 3.63) is 71.0 Å². The van der Waals surface area contributed by atoms with E-state index >= 15 is 0 Å². The zero-order valence-corrected chi connectivity index (χ0v) is 21.2. The molecule has 1 aliphatic carbocycles. The second kappa shape index (κ2) is 11.7. The number of nitrogens with zero attached hydrogens (tertiary/aromatic N) is 2. The first-order valence-corrected chi connectivity index (χ1v) is 13.1. The largest absolute Gasteiger partial charge is 0.481 e. The number of nitrogens with one attached hydrogen (secondary N) is 1. The second-order valence-corrected chi connectivity index (χ2v) is 9.87. The van der Waals surface area contributed by atoms with Gasteiger partial charge in [0.05, 0.1) is 12.5 Å². The minimum atomic E-state index is -0.972. The average Bonchev–Trinajstić information content (AvgIpc) is 3.00. The van der Waals surface area contributed by atoms with Crippen LogP contribution >= 0.6 is 0 Å². The van der Waals surface area contributed by atoms with Crippen molar-refractivity contribution in [2.24, 2.45) is 4.99 Å². The number of carbonyl (C=O) groups excluding carboxylic acids is 2. The molecule has 196 valence electrons. The van der Waals surface area contributed by atoms with Crippen molar-refractivity contribution in [2.45, 2.75) is 76.4 Å². The van der Waals surface area contributed by atoms with Crippen LogP contribution < -0.4 is 5.32 Å². The maximum Gasteiger partial charge on any atom is 0.305 e. The van der Waals surface area contributed by atoms with Gasteiger partial charge in [0, 0.05) is 17.7 Å². The molecule has 0 aromatic heterocycles. The number of carboxylic acids is 1. The highest BCUT2D eigenvalue weighted by atomic mass is 19.1. The first-order valence-electron chi connectivity index (χ1n) is 13.1. The Hall–Kier alpha value is -3.55. The van der Waals surface area contributed by atoms with Crippen LogP contribution in [0.2, 0.25) is 0 Å². The van der Waals surface area contributed by atoms with Crippen LogP contribution in [0.1, 0.15) is 92.2 Å². The summed E-state index contributed by atoms with van der Waals surface area (Å²) < 4.78 is 14.1. The normalized spacial score (nSPS) is 17.8. The third-order valence-electron chi connectivity index (χ3n) is 7.25. The Morgan fingerprint density at radius 2 is 1.81 bits per heavy atom. The molecule has 37 heavy (non-hydrogen) atoms. The van der Waals surface area contributed by atoms with Crippen LogP contribution in [0.25, 0.3) is 0 Å². The monoisotopic (exact) mass is 507 g/mol. The van der Waals surface area contributed by atoms with E-state index in [1.54, 1.807) is 24.3 Å². The third kappa shape index (κ3) is 5.89. The van der Waals surface area contributed by atoms with Gasteiger partial charge in [-0.05, 0) is 61.9 Å². The quantitative estimate of drug-likeness (QED) is 0.484. The molecule has 7 nitrogen and oxygen atoms in total. The van der Waals surface area contributed by atoms with Crippen molar-refractivity contribution >= 4 is 23.5 Å². The minimum Gasteiger partial charge on any atom is -0.481 e. The number of hydrogen-bond acceptors (Lipinski definition) is 4. The Labute approximate surface area is 216 Å². The lowest BCUT2D eigenvalue weighted by atomic mass is 9.92. The predicted octanol–water partition coefficient (Wildman–Crippen LogP) is 5.25. The molecule has 1 saturated carbocycles. The van der Waals surface area contributed by atoms with Gasteiger partial charge in [-0.25, -0.2) is 4.39 Å². The molecule has 0 unspecified atom stereocenters. The summed E-state index contributed by atoms with van der Waals surface area (Å²) in [5.74, 6) is -1.89. The SMILES string of the molecule is CCC[C@H](c1ccc(C(=O)NCCC(=O)O)cc1)N1C(=O)C(c2cccc(F)c2)=NC12CCCCCC2. The molecule has 2 aromatic carbocycles. The Bertz CT molecular complexity index is 1170. The van der Waals surface area contributed by atoms with E-state index in [1.165, 1.54) is 12.1 Å². The summed E-state index contributed by atoms with van der Waals surface area (Å²) in [6.07, 6.45) is 7.09. The molecule has 0 bridgehead atoms. The van der Waals surface area contributed by atoms with Crippen molar-refractivity contribution in [1.82, 2.24) is 10.2 Å². The Balaban J connectivity index is 1.66. The van der Waals surface area contributed by atoms with E-state index in [2.05, 4.69) is 12.2 Å². The van der Waals surface area contributed by atoms with Crippen LogP contribution in [0.5, 0.6) is 0 Å². The lowest BCUT2D eigenvalue weighted by molar-refractivity contribution is -0.137. The van der Waals surface area contributed by atoms with Crippen molar-refractivity contribution in [3.8, 4) is 0 Å². The zero-order chi connectivity index (χ0) is 26.4. The molecule has 2 aliphatic rings. The highest BCUT2D eigenvalue weighted by Gasteiger charge is 2.50. The van der Waals surface area contributed by atoms with Crippen LogP contribution in [0.3, 0.4) is 0 Å². The van der Waals surface area contributed by atoms with Crippen molar-refractivity contribution in [3.63, 3.8) is 0 Å². The van der Waals surface area contributed by atoms with Crippen LogP contribution in [-0.2, 0) is 9.59 Å². The number of carboxylic acid groups (broad SMARTS) is 1. The fourth-order valence-electron chi connectivity index (χ4n) is 5.48. The number of aliphatic carboxylic acids is 1. The fourth-order valence-corrected chi connectivity index (χ4v) is 5.48. The molecule has 1 heterocycles. The van der Waals surface area contributed by atoms with Gasteiger partial charge in [0.2, 0.25) is 0 Å². The van der Waals surface area contributed by atoms with E-state index in [1.807, 2.05) is 17.0 Å². The van der Waals surface area contributed by atoms with Gasteiger partial charge >= 0.3 is 5.97 Å². The van der Waals surface area contributed by atoms with Gasteiger partial charge in [0.1, 0.15) is 17.2 Å². The fraction of sp³-hybridized carbons (Fsp3) is 0.448. The zero-order valence-electron chi connectivity index (χ0n) is 21.2. The molecule has 4 rings (SSSR count). The maximum atomic E-state index is 14.1. The number of rotatable bonds is 9. The highest BCUT2D eigenvalue weighted by Crippen LogP contribution is 2.45. The van der Waals surface area contributed by atoms with Gasteiger partial charge in [-0.2, -0.15) is 0 Å².